The smallest absolute Gasteiger partial charge is 0.250 e. The summed E-state index contributed by atoms with van der Waals surface area (Å²) in [7, 11) is 0. The van der Waals surface area contributed by atoms with Gasteiger partial charge in [-0.2, -0.15) is 0 Å². The van der Waals surface area contributed by atoms with Crippen molar-refractivity contribution in [2.75, 3.05) is 5.32 Å². The van der Waals surface area contributed by atoms with Crippen molar-refractivity contribution >= 4 is 29.3 Å². The number of nitrogens with one attached hydrogen (secondary N) is 2. The van der Waals surface area contributed by atoms with E-state index in [0.717, 1.165) is 5.69 Å². The second kappa shape index (κ2) is 5.05. The lowest BCUT2D eigenvalue weighted by molar-refractivity contribution is -0.119. The topological polar surface area (TPSA) is 58.2 Å². The van der Waals surface area contributed by atoms with Crippen LogP contribution < -0.4 is 10.6 Å². The van der Waals surface area contributed by atoms with Gasteiger partial charge in [-0.3, -0.25) is 9.59 Å². The highest BCUT2D eigenvalue weighted by Crippen LogP contribution is 2.25. The monoisotopic (exact) mass is 248 g/mol. The van der Waals surface area contributed by atoms with Gasteiger partial charge < -0.3 is 10.6 Å². The van der Waals surface area contributed by atoms with Gasteiger partial charge in [0.05, 0.1) is 10.3 Å². The van der Waals surface area contributed by atoms with Crippen LogP contribution >= 0.6 is 11.8 Å². The molecule has 1 heterocycles. The van der Waals surface area contributed by atoms with Crippen LogP contribution in [-0.2, 0) is 9.59 Å². The Morgan fingerprint density at radius 2 is 2.12 bits per heavy atom. The molecule has 0 saturated carbocycles. The Bertz CT molecular complexity index is 471. The zero-order chi connectivity index (χ0) is 12.3. The third kappa shape index (κ3) is 3.10. The van der Waals surface area contributed by atoms with Gasteiger partial charge >= 0.3 is 0 Å². The first-order valence-electron chi connectivity index (χ1n) is 5.20. The van der Waals surface area contributed by atoms with Crippen molar-refractivity contribution in [2.45, 2.75) is 12.2 Å². The van der Waals surface area contributed by atoms with E-state index in [-0.39, 0.29) is 17.1 Å². The minimum Gasteiger partial charge on any atom is -0.322 e. The van der Waals surface area contributed by atoms with Crippen LogP contribution in [0.5, 0.6) is 0 Å². The standard InChI is InChI=1S/C12H12N2O2S/c1-8-12(16)14-11(17-8)7-10(15)13-9-5-3-2-4-6-9/h2-8H,1H3,(H,13,15)(H,14,16)/b11-7-/t8-/m0/s1. The van der Waals surface area contributed by atoms with Crippen molar-refractivity contribution < 1.29 is 9.59 Å². The number of hydrogen-bond donors (Lipinski definition) is 2. The largest absolute Gasteiger partial charge is 0.322 e. The van der Waals surface area contributed by atoms with Crippen LogP contribution in [0.4, 0.5) is 5.69 Å². The number of rotatable bonds is 2. The first-order chi connectivity index (χ1) is 8.15. The van der Waals surface area contributed by atoms with E-state index >= 15 is 0 Å². The fraction of sp³-hybridized carbons (Fsp3) is 0.167. The molecule has 0 bridgehead atoms. The molecule has 1 atom stereocenters. The van der Waals surface area contributed by atoms with Crippen molar-refractivity contribution in [1.29, 1.82) is 0 Å². The van der Waals surface area contributed by atoms with Crippen LogP contribution in [0.25, 0.3) is 0 Å². The Labute approximate surface area is 103 Å². The molecule has 5 heteroatoms. The summed E-state index contributed by atoms with van der Waals surface area (Å²) in [5.74, 6) is -0.304. The van der Waals surface area contributed by atoms with Crippen molar-refractivity contribution in [3.05, 3.63) is 41.4 Å². The molecule has 4 nitrogen and oxygen atoms in total. The summed E-state index contributed by atoms with van der Waals surface area (Å²) in [6.07, 6.45) is 1.40. The van der Waals surface area contributed by atoms with Gasteiger partial charge in [-0.05, 0) is 19.1 Å². The molecule has 2 rings (SSSR count). The van der Waals surface area contributed by atoms with Crippen LogP contribution in [-0.4, -0.2) is 17.1 Å². The van der Waals surface area contributed by atoms with Crippen LogP contribution in [0.15, 0.2) is 41.4 Å². The Hall–Kier alpha value is -1.75. The van der Waals surface area contributed by atoms with Crippen molar-refractivity contribution in [3.63, 3.8) is 0 Å². The summed E-state index contributed by atoms with van der Waals surface area (Å²) in [5.41, 5.74) is 0.733. The molecule has 1 aliphatic rings. The molecular formula is C12H12N2O2S. The number of benzene rings is 1. The second-order valence-corrected chi connectivity index (χ2v) is 5.00. The SMILES string of the molecule is C[C@@H]1S/C(=C\C(=O)Nc2ccccc2)NC1=O. The summed E-state index contributed by atoms with van der Waals surface area (Å²) in [6, 6.07) is 9.18. The van der Waals surface area contributed by atoms with E-state index < -0.39 is 0 Å². The molecule has 0 radical (unpaired) electrons. The average Bonchev–Trinajstić information content (AvgIpc) is 2.59. The number of thioether (sulfide) groups is 1. The first kappa shape index (κ1) is 11.7. The summed E-state index contributed by atoms with van der Waals surface area (Å²) in [5, 5.41) is 5.82. The Morgan fingerprint density at radius 3 is 2.71 bits per heavy atom. The molecule has 2 amide bonds. The molecule has 1 aromatic carbocycles. The van der Waals surface area contributed by atoms with Crippen molar-refractivity contribution in [1.82, 2.24) is 5.32 Å². The molecule has 0 aliphatic carbocycles. The van der Waals surface area contributed by atoms with Gasteiger partial charge in [-0.25, -0.2) is 0 Å². The van der Waals surface area contributed by atoms with E-state index in [1.807, 2.05) is 18.2 Å². The van der Waals surface area contributed by atoms with Gasteiger partial charge in [0.25, 0.3) is 5.91 Å². The maximum Gasteiger partial charge on any atom is 0.250 e. The maximum absolute atomic E-state index is 11.6. The van der Waals surface area contributed by atoms with E-state index in [4.69, 9.17) is 0 Å². The third-order valence-corrected chi connectivity index (χ3v) is 3.26. The van der Waals surface area contributed by atoms with Gasteiger partial charge in [-0.1, -0.05) is 30.0 Å². The molecule has 0 spiro atoms. The molecular weight excluding hydrogens is 236 g/mol. The molecule has 1 fully saturated rings. The first-order valence-corrected chi connectivity index (χ1v) is 6.08. The zero-order valence-electron chi connectivity index (χ0n) is 9.27. The van der Waals surface area contributed by atoms with Crippen molar-refractivity contribution in [2.24, 2.45) is 0 Å². The fourth-order valence-corrected chi connectivity index (χ4v) is 2.27. The maximum atomic E-state index is 11.6. The predicted molar refractivity (Wildman–Crippen MR) is 68.4 cm³/mol. The lowest BCUT2D eigenvalue weighted by Crippen LogP contribution is -2.20. The molecule has 0 unspecified atom stereocenters. The van der Waals surface area contributed by atoms with Gasteiger partial charge in [-0.15, -0.1) is 0 Å². The second-order valence-electron chi connectivity index (χ2n) is 3.61. The molecule has 17 heavy (non-hydrogen) atoms. The van der Waals surface area contributed by atoms with Crippen LogP contribution in [0.1, 0.15) is 6.92 Å². The predicted octanol–water partition coefficient (Wildman–Crippen LogP) is 1.72. The summed E-state index contributed by atoms with van der Waals surface area (Å²) >= 11 is 1.35. The van der Waals surface area contributed by atoms with Crippen molar-refractivity contribution in [3.8, 4) is 0 Å². The Kier molecular flexibility index (Phi) is 3.49. The Morgan fingerprint density at radius 1 is 1.41 bits per heavy atom. The number of anilines is 1. The van der Waals surface area contributed by atoms with E-state index in [2.05, 4.69) is 10.6 Å². The highest BCUT2D eigenvalue weighted by molar-refractivity contribution is 8.04. The van der Waals surface area contributed by atoms with E-state index in [1.54, 1.807) is 19.1 Å². The molecule has 1 aliphatic heterocycles. The zero-order valence-corrected chi connectivity index (χ0v) is 10.1. The highest BCUT2D eigenvalue weighted by atomic mass is 32.2. The summed E-state index contributed by atoms with van der Waals surface area (Å²) in [4.78, 5) is 22.8. The summed E-state index contributed by atoms with van der Waals surface area (Å²) in [6.45, 7) is 1.80. The quantitative estimate of drug-likeness (QED) is 0.783. The Balaban J connectivity index is 1.98. The summed E-state index contributed by atoms with van der Waals surface area (Å²) < 4.78 is 0. The van der Waals surface area contributed by atoms with Gasteiger partial charge in [0.15, 0.2) is 0 Å². The molecule has 88 valence electrons. The van der Waals surface area contributed by atoms with E-state index in [1.165, 1.54) is 17.8 Å². The van der Waals surface area contributed by atoms with Crippen LogP contribution in [0, 0.1) is 0 Å². The normalized spacial score (nSPS) is 21.4. The minimum absolute atomic E-state index is 0.0613. The lowest BCUT2D eigenvalue weighted by Gasteiger charge is -2.01. The molecule has 2 N–H and O–H groups in total. The van der Waals surface area contributed by atoms with Gasteiger partial charge in [0.2, 0.25) is 5.91 Å². The van der Waals surface area contributed by atoms with Gasteiger partial charge in [0.1, 0.15) is 0 Å². The van der Waals surface area contributed by atoms with Crippen LogP contribution in [0.3, 0.4) is 0 Å². The van der Waals surface area contributed by atoms with Crippen LogP contribution in [0.2, 0.25) is 0 Å². The molecule has 1 saturated heterocycles. The molecule has 1 aromatic rings. The fourth-order valence-electron chi connectivity index (χ4n) is 1.39. The number of hydrogen-bond acceptors (Lipinski definition) is 3. The number of amides is 2. The number of para-hydroxylation sites is 1. The third-order valence-electron chi connectivity index (χ3n) is 2.22. The lowest BCUT2D eigenvalue weighted by atomic mass is 10.3. The number of carbonyl (C=O) groups is 2. The van der Waals surface area contributed by atoms with E-state index in [0.29, 0.717) is 5.03 Å². The average molecular weight is 248 g/mol. The number of carbonyl (C=O) groups excluding carboxylic acids is 2. The molecule has 0 aromatic heterocycles. The minimum atomic E-state index is -0.242. The highest BCUT2D eigenvalue weighted by Gasteiger charge is 2.24. The van der Waals surface area contributed by atoms with Gasteiger partial charge in [0, 0.05) is 11.8 Å². The van der Waals surface area contributed by atoms with E-state index in [9.17, 15) is 9.59 Å².